The summed E-state index contributed by atoms with van der Waals surface area (Å²) in [4.78, 5) is 0. The third-order valence-corrected chi connectivity index (χ3v) is 7.81. The van der Waals surface area contributed by atoms with Crippen molar-refractivity contribution < 1.29 is 0 Å². The van der Waals surface area contributed by atoms with Gasteiger partial charge in [0.15, 0.2) is 0 Å². The standard InChI is InChI=1S/C19H18P.3C2H6/c1-20(17-11-5-2-6-12-17,18-13-7-3-8-14-18)19-15-9-4-10-16-19;3*1-2/h2-16H,1H3;3*1-2H3/q+1;;;. The second-order valence-electron chi connectivity index (χ2n) is 5.01. The lowest BCUT2D eigenvalue weighted by molar-refractivity contribution is 1.50. The minimum atomic E-state index is -1.53. The van der Waals surface area contributed by atoms with E-state index in [1.54, 1.807) is 0 Å². The summed E-state index contributed by atoms with van der Waals surface area (Å²) in [7, 11) is -1.53. The molecule has 26 heavy (non-hydrogen) atoms. The summed E-state index contributed by atoms with van der Waals surface area (Å²) < 4.78 is 0. The minimum Gasteiger partial charge on any atom is -0.0683 e. The lowest BCUT2D eigenvalue weighted by Crippen LogP contribution is -2.30. The molecule has 0 spiro atoms. The molecule has 3 aromatic rings. The highest BCUT2D eigenvalue weighted by atomic mass is 31.2. The van der Waals surface area contributed by atoms with Gasteiger partial charge in [-0.05, 0) is 36.4 Å². The van der Waals surface area contributed by atoms with Crippen LogP contribution in [0.5, 0.6) is 0 Å². The number of hydrogen-bond acceptors (Lipinski definition) is 0. The Labute approximate surface area is 162 Å². The van der Waals surface area contributed by atoms with Gasteiger partial charge in [0.05, 0.1) is 6.66 Å². The highest BCUT2D eigenvalue weighted by Crippen LogP contribution is 2.51. The average molecular weight is 368 g/mol. The maximum atomic E-state index is 2.41. The Balaban J connectivity index is 0.000000948. The fourth-order valence-electron chi connectivity index (χ4n) is 2.63. The zero-order valence-corrected chi connectivity index (χ0v) is 18.5. The normalized spacial score (nSPS) is 9.35. The lowest BCUT2D eigenvalue weighted by atomic mass is 10.4. The Bertz CT molecular complexity index is 564. The number of benzene rings is 3. The summed E-state index contributed by atoms with van der Waals surface area (Å²) in [5, 5.41) is 4.28. The molecular formula is C25H36P+. The van der Waals surface area contributed by atoms with Gasteiger partial charge in [-0.25, -0.2) is 0 Å². The van der Waals surface area contributed by atoms with Crippen molar-refractivity contribution in [3.05, 3.63) is 91.0 Å². The Morgan fingerprint density at radius 2 is 0.577 bits per heavy atom. The van der Waals surface area contributed by atoms with Crippen LogP contribution in [0.25, 0.3) is 0 Å². The van der Waals surface area contributed by atoms with Crippen LogP contribution in [0.2, 0.25) is 0 Å². The van der Waals surface area contributed by atoms with Crippen LogP contribution in [0.15, 0.2) is 91.0 Å². The first-order chi connectivity index (χ1) is 12.8. The molecule has 140 valence electrons. The van der Waals surface area contributed by atoms with Crippen LogP contribution < -0.4 is 15.9 Å². The molecule has 0 saturated carbocycles. The van der Waals surface area contributed by atoms with Crippen LogP contribution >= 0.6 is 7.26 Å². The molecular weight excluding hydrogens is 331 g/mol. The summed E-state index contributed by atoms with van der Waals surface area (Å²) >= 11 is 0. The quantitative estimate of drug-likeness (QED) is 0.452. The number of hydrogen-bond donors (Lipinski definition) is 0. The summed E-state index contributed by atoms with van der Waals surface area (Å²) in [6.45, 7) is 14.4. The molecule has 0 bridgehead atoms. The van der Waals surface area contributed by atoms with Gasteiger partial charge in [0, 0.05) is 0 Å². The van der Waals surface area contributed by atoms with Crippen molar-refractivity contribution in [1.29, 1.82) is 0 Å². The molecule has 3 rings (SSSR count). The SMILES string of the molecule is CC.CC.CC.C[P+](c1ccccc1)(c1ccccc1)c1ccccc1. The monoisotopic (exact) mass is 367 g/mol. The van der Waals surface area contributed by atoms with Crippen LogP contribution in [0.4, 0.5) is 0 Å². The lowest BCUT2D eigenvalue weighted by Gasteiger charge is -2.22. The smallest absolute Gasteiger partial charge is 0.0683 e. The third kappa shape index (κ3) is 6.11. The zero-order chi connectivity index (χ0) is 19.8. The van der Waals surface area contributed by atoms with E-state index in [1.807, 2.05) is 41.5 Å². The second-order valence-corrected chi connectivity index (χ2v) is 8.57. The second kappa shape index (κ2) is 14.3. The van der Waals surface area contributed by atoms with E-state index in [4.69, 9.17) is 0 Å². The van der Waals surface area contributed by atoms with E-state index in [9.17, 15) is 0 Å². The van der Waals surface area contributed by atoms with Gasteiger partial charge in [0.2, 0.25) is 0 Å². The largest absolute Gasteiger partial charge is 0.109 e. The van der Waals surface area contributed by atoms with Crippen molar-refractivity contribution in [2.75, 3.05) is 6.66 Å². The first-order valence-corrected chi connectivity index (χ1v) is 12.1. The first-order valence-electron chi connectivity index (χ1n) is 9.85. The summed E-state index contributed by atoms with van der Waals surface area (Å²) in [5.74, 6) is 0. The molecule has 0 radical (unpaired) electrons. The maximum absolute atomic E-state index is 2.41. The average Bonchev–Trinajstić information content (AvgIpc) is 2.79. The van der Waals surface area contributed by atoms with E-state index in [-0.39, 0.29) is 0 Å². The van der Waals surface area contributed by atoms with Crippen molar-refractivity contribution in [3.63, 3.8) is 0 Å². The van der Waals surface area contributed by atoms with E-state index >= 15 is 0 Å². The zero-order valence-electron chi connectivity index (χ0n) is 17.6. The van der Waals surface area contributed by atoms with Gasteiger partial charge >= 0.3 is 0 Å². The minimum absolute atomic E-state index is 1.43. The molecule has 0 heterocycles. The van der Waals surface area contributed by atoms with Crippen molar-refractivity contribution in [1.82, 2.24) is 0 Å². The highest BCUT2D eigenvalue weighted by Gasteiger charge is 2.39. The molecule has 0 fully saturated rings. The first kappa shape index (κ1) is 24.1. The van der Waals surface area contributed by atoms with Gasteiger partial charge in [-0.15, -0.1) is 0 Å². The Kier molecular flexibility index (Phi) is 13.2. The van der Waals surface area contributed by atoms with Crippen LogP contribution in [-0.2, 0) is 0 Å². The molecule has 0 saturated heterocycles. The molecule has 0 aromatic heterocycles. The fraction of sp³-hybridized carbons (Fsp3) is 0.280. The van der Waals surface area contributed by atoms with E-state index in [0.717, 1.165) is 0 Å². The van der Waals surface area contributed by atoms with Crippen molar-refractivity contribution in [2.45, 2.75) is 41.5 Å². The molecule has 0 aliphatic heterocycles. The van der Waals surface area contributed by atoms with Crippen LogP contribution in [-0.4, -0.2) is 6.66 Å². The molecule has 0 N–H and O–H groups in total. The summed E-state index contributed by atoms with van der Waals surface area (Å²) in [6.07, 6.45) is 0. The van der Waals surface area contributed by atoms with Crippen LogP contribution in [0.1, 0.15) is 41.5 Å². The predicted octanol–water partition coefficient (Wildman–Crippen LogP) is 6.69. The Morgan fingerprint density at radius 3 is 0.769 bits per heavy atom. The van der Waals surface area contributed by atoms with Crippen molar-refractivity contribution in [3.8, 4) is 0 Å². The molecule has 3 aromatic carbocycles. The molecule has 1 heteroatoms. The fourth-order valence-corrected chi connectivity index (χ4v) is 5.83. The molecule has 0 atom stereocenters. The van der Waals surface area contributed by atoms with Crippen molar-refractivity contribution in [2.24, 2.45) is 0 Å². The topological polar surface area (TPSA) is 0 Å². The van der Waals surface area contributed by atoms with Gasteiger partial charge in [0.25, 0.3) is 0 Å². The third-order valence-electron chi connectivity index (χ3n) is 3.82. The van der Waals surface area contributed by atoms with Gasteiger partial charge < -0.3 is 0 Å². The van der Waals surface area contributed by atoms with Crippen LogP contribution in [0, 0.1) is 0 Å². The predicted molar refractivity (Wildman–Crippen MR) is 125 cm³/mol. The number of rotatable bonds is 3. The van der Waals surface area contributed by atoms with E-state index in [0.29, 0.717) is 0 Å². The molecule has 0 amide bonds. The summed E-state index contributed by atoms with van der Waals surface area (Å²) in [5.41, 5.74) is 0. The Morgan fingerprint density at radius 1 is 0.385 bits per heavy atom. The molecule has 0 nitrogen and oxygen atoms in total. The van der Waals surface area contributed by atoms with Gasteiger partial charge in [-0.1, -0.05) is 96.1 Å². The van der Waals surface area contributed by atoms with E-state index < -0.39 is 7.26 Å². The molecule has 0 aliphatic carbocycles. The maximum Gasteiger partial charge on any atom is 0.109 e. The molecule has 0 unspecified atom stereocenters. The van der Waals surface area contributed by atoms with Gasteiger partial charge in [-0.3, -0.25) is 0 Å². The van der Waals surface area contributed by atoms with E-state index in [2.05, 4.69) is 97.7 Å². The highest BCUT2D eigenvalue weighted by molar-refractivity contribution is 7.95. The Hall–Kier alpha value is -1.91. The molecule has 0 aliphatic rings. The van der Waals surface area contributed by atoms with Crippen molar-refractivity contribution >= 4 is 23.2 Å². The van der Waals surface area contributed by atoms with Gasteiger partial charge in [-0.2, -0.15) is 0 Å². The van der Waals surface area contributed by atoms with E-state index in [1.165, 1.54) is 15.9 Å². The van der Waals surface area contributed by atoms with Crippen LogP contribution in [0.3, 0.4) is 0 Å². The van der Waals surface area contributed by atoms with Gasteiger partial charge in [0.1, 0.15) is 23.2 Å². The summed E-state index contributed by atoms with van der Waals surface area (Å²) in [6, 6.07) is 32.6.